The number of hydrogen-bond acceptors (Lipinski definition) is 2. The van der Waals surface area contributed by atoms with Crippen LogP contribution in [0.2, 0.25) is 0 Å². The Kier molecular flexibility index (Phi) is 5.72. The molecular formula is C18H26BrN2O2+. The molecule has 2 aliphatic rings. The van der Waals surface area contributed by atoms with Gasteiger partial charge in [0, 0.05) is 22.9 Å². The van der Waals surface area contributed by atoms with Gasteiger partial charge < -0.3 is 15.0 Å². The minimum absolute atomic E-state index is 0.0371. The van der Waals surface area contributed by atoms with Gasteiger partial charge >= 0.3 is 0 Å². The van der Waals surface area contributed by atoms with E-state index in [1.807, 2.05) is 24.3 Å². The van der Waals surface area contributed by atoms with Crippen molar-refractivity contribution in [2.24, 2.45) is 0 Å². The molecule has 5 heteroatoms. The number of benzene rings is 1. The van der Waals surface area contributed by atoms with E-state index in [0.717, 1.165) is 42.9 Å². The van der Waals surface area contributed by atoms with Gasteiger partial charge in [0.15, 0.2) is 0 Å². The van der Waals surface area contributed by atoms with E-state index >= 15 is 0 Å². The Labute approximate surface area is 146 Å². The number of ether oxygens (including phenoxy) is 1. The molecule has 1 heterocycles. The molecular weight excluding hydrogens is 356 g/mol. The fourth-order valence-corrected chi connectivity index (χ4v) is 4.25. The maximum absolute atomic E-state index is 12.5. The van der Waals surface area contributed by atoms with Gasteiger partial charge in [-0.15, -0.1) is 0 Å². The SMILES string of the molecule is O=C(NCC1([NH+]2CCOCC2)CCCCC1)c1ccc(Br)cc1. The normalized spacial score (nSPS) is 21.8. The third-order valence-corrected chi connectivity index (χ3v) is 5.88. The highest BCUT2D eigenvalue weighted by Crippen LogP contribution is 2.25. The predicted molar refractivity (Wildman–Crippen MR) is 93.8 cm³/mol. The highest BCUT2D eigenvalue weighted by atomic mass is 79.9. The van der Waals surface area contributed by atoms with E-state index in [1.54, 1.807) is 4.90 Å². The molecule has 3 rings (SSSR count). The van der Waals surface area contributed by atoms with E-state index < -0.39 is 0 Å². The van der Waals surface area contributed by atoms with E-state index in [0.29, 0.717) is 0 Å². The van der Waals surface area contributed by atoms with Crippen molar-refractivity contribution < 1.29 is 14.4 Å². The summed E-state index contributed by atoms with van der Waals surface area (Å²) in [6, 6.07) is 7.57. The van der Waals surface area contributed by atoms with Crippen LogP contribution < -0.4 is 10.2 Å². The molecule has 23 heavy (non-hydrogen) atoms. The van der Waals surface area contributed by atoms with Gasteiger partial charge in [-0.1, -0.05) is 22.4 Å². The van der Waals surface area contributed by atoms with Crippen LogP contribution in [0.15, 0.2) is 28.7 Å². The number of morpholine rings is 1. The Morgan fingerprint density at radius 1 is 1.13 bits per heavy atom. The lowest BCUT2D eigenvalue weighted by atomic mass is 9.79. The third kappa shape index (κ3) is 4.14. The molecule has 4 nitrogen and oxygen atoms in total. The van der Waals surface area contributed by atoms with Crippen molar-refractivity contribution in [1.29, 1.82) is 0 Å². The van der Waals surface area contributed by atoms with Gasteiger partial charge in [-0.3, -0.25) is 4.79 Å². The Hall–Kier alpha value is -0.910. The lowest BCUT2D eigenvalue weighted by molar-refractivity contribution is -0.960. The second-order valence-electron chi connectivity index (χ2n) is 6.75. The van der Waals surface area contributed by atoms with Crippen molar-refractivity contribution in [2.45, 2.75) is 37.6 Å². The number of nitrogens with one attached hydrogen (secondary N) is 2. The first-order valence-electron chi connectivity index (χ1n) is 8.66. The molecule has 0 unspecified atom stereocenters. The molecule has 0 aromatic heterocycles. The zero-order chi connectivity index (χ0) is 16.1. The van der Waals surface area contributed by atoms with E-state index in [4.69, 9.17) is 4.74 Å². The highest BCUT2D eigenvalue weighted by Gasteiger charge is 2.42. The molecule has 1 aromatic carbocycles. The van der Waals surface area contributed by atoms with E-state index in [-0.39, 0.29) is 11.4 Å². The van der Waals surface area contributed by atoms with Gasteiger partial charge in [-0.05, 0) is 37.1 Å². The quantitative estimate of drug-likeness (QED) is 0.834. The summed E-state index contributed by atoms with van der Waals surface area (Å²) in [6.45, 7) is 4.59. The lowest BCUT2D eigenvalue weighted by Gasteiger charge is -2.45. The van der Waals surface area contributed by atoms with Crippen molar-refractivity contribution in [2.75, 3.05) is 32.8 Å². The van der Waals surface area contributed by atoms with Gasteiger partial charge in [0.2, 0.25) is 0 Å². The Balaban J connectivity index is 1.66. The summed E-state index contributed by atoms with van der Waals surface area (Å²) in [5, 5.41) is 3.21. The third-order valence-electron chi connectivity index (χ3n) is 5.35. The topological polar surface area (TPSA) is 42.8 Å². The standard InChI is InChI=1S/C18H25BrN2O2/c19-16-6-4-15(5-7-16)17(22)20-14-18(8-2-1-3-9-18)21-10-12-23-13-11-21/h4-7H,1-3,8-14H2,(H,20,22)/p+1. The number of amides is 1. The van der Waals surface area contributed by atoms with Gasteiger partial charge in [0.25, 0.3) is 5.91 Å². The molecule has 2 N–H and O–H groups in total. The van der Waals surface area contributed by atoms with E-state index in [2.05, 4.69) is 21.2 Å². The van der Waals surface area contributed by atoms with Crippen molar-refractivity contribution in [3.63, 3.8) is 0 Å². The molecule has 0 atom stereocenters. The number of carbonyl (C=O) groups is 1. The molecule has 1 aliphatic heterocycles. The molecule has 0 radical (unpaired) electrons. The summed E-state index contributed by atoms with van der Waals surface area (Å²) in [5.41, 5.74) is 0.934. The first kappa shape index (κ1) is 16.9. The predicted octanol–water partition coefficient (Wildman–Crippen LogP) is 1.80. The van der Waals surface area contributed by atoms with Crippen molar-refractivity contribution in [3.05, 3.63) is 34.3 Å². The molecule has 1 saturated heterocycles. The summed E-state index contributed by atoms with van der Waals surface area (Å²) in [7, 11) is 0. The minimum Gasteiger partial charge on any atom is -0.370 e. The van der Waals surface area contributed by atoms with Gasteiger partial charge in [-0.25, -0.2) is 0 Å². The lowest BCUT2D eigenvalue weighted by Crippen LogP contribution is -3.23. The number of carbonyl (C=O) groups excluding carboxylic acids is 1. The molecule has 0 bridgehead atoms. The molecule has 1 aromatic rings. The largest absolute Gasteiger partial charge is 0.370 e. The van der Waals surface area contributed by atoms with Gasteiger partial charge in [0.05, 0.1) is 19.8 Å². The van der Waals surface area contributed by atoms with Crippen LogP contribution in [0.4, 0.5) is 0 Å². The molecule has 126 valence electrons. The number of rotatable bonds is 4. The van der Waals surface area contributed by atoms with Crippen LogP contribution in [0.3, 0.4) is 0 Å². The zero-order valence-electron chi connectivity index (χ0n) is 13.6. The molecule has 0 spiro atoms. The van der Waals surface area contributed by atoms with Crippen LogP contribution in [0, 0.1) is 0 Å². The summed E-state index contributed by atoms with van der Waals surface area (Å²) in [4.78, 5) is 14.1. The smallest absolute Gasteiger partial charge is 0.251 e. The number of quaternary nitrogens is 1. The van der Waals surface area contributed by atoms with E-state index in [1.165, 1.54) is 32.1 Å². The fraction of sp³-hybridized carbons (Fsp3) is 0.611. The van der Waals surface area contributed by atoms with Crippen LogP contribution >= 0.6 is 15.9 Å². The van der Waals surface area contributed by atoms with Crippen molar-refractivity contribution >= 4 is 21.8 Å². The summed E-state index contributed by atoms with van der Waals surface area (Å²) in [6.07, 6.45) is 6.30. The summed E-state index contributed by atoms with van der Waals surface area (Å²) >= 11 is 3.41. The van der Waals surface area contributed by atoms with Crippen molar-refractivity contribution in [1.82, 2.24) is 5.32 Å². The summed E-state index contributed by atoms with van der Waals surface area (Å²) < 4.78 is 6.52. The minimum atomic E-state index is 0.0371. The van der Waals surface area contributed by atoms with Crippen molar-refractivity contribution in [3.8, 4) is 0 Å². The Morgan fingerprint density at radius 2 is 1.78 bits per heavy atom. The molecule has 2 fully saturated rings. The van der Waals surface area contributed by atoms with Crippen LogP contribution in [-0.2, 0) is 4.74 Å². The summed E-state index contributed by atoms with van der Waals surface area (Å²) in [5.74, 6) is 0.0371. The second-order valence-corrected chi connectivity index (χ2v) is 7.66. The molecule has 1 saturated carbocycles. The maximum Gasteiger partial charge on any atom is 0.251 e. The van der Waals surface area contributed by atoms with Crippen LogP contribution in [0.25, 0.3) is 0 Å². The van der Waals surface area contributed by atoms with Crippen LogP contribution in [0.5, 0.6) is 0 Å². The maximum atomic E-state index is 12.5. The number of hydrogen-bond donors (Lipinski definition) is 2. The van der Waals surface area contributed by atoms with Crippen LogP contribution in [0.1, 0.15) is 42.5 Å². The second kappa shape index (κ2) is 7.77. The number of halogens is 1. The van der Waals surface area contributed by atoms with Gasteiger partial charge in [-0.2, -0.15) is 0 Å². The van der Waals surface area contributed by atoms with Crippen LogP contribution in [-0.4, -0.2) is 44.3 Å². The zero-order valence-corrected chi connectivity index (χ0v) is 15.2. The Morgan fingerprint density at radius 3 is 2.43 bits per heavy atom. The molecule has 1 amide bonds. The Bertz CT molecular complexity index is 520. The first-order valence-corrected chi connectivity index (χ1v) is 9.46. The molecule has 1 aliphatic carbocycles. The average molecular weight is 382 g/mol. The van der Waals surface area contributed by atoms with Gasteiger partial charge in [0.1, 0.15) is 18.6 Å². The first-order chi connectivity index (χ1) is 11.2. The fourth-order valence-electron chi connectivity index (χ4n) is 3.98. The monoisotopic (exact) mass is 381 g/mol. The average Bonchev–Trinajstić information content (AvgIpc) is 2.62. The van der Waals surface area contributed by atoms with E-state index in [9.17, 15) is 4.79 Å². The highest BCUT2D eigenvalue weighted by molar-refractivity contribution is 9.10.